The van der Waals surface area contributed by atoms with Gasteiger partial charge in [0.25, 0.3) is 0 Å². The van der Waals surface area contributed by atoms with Gasteiger partial charge in [0.05, 0.1) is 25.5 Å². The number of hydrogen-bond acceptors (Lipinski definition) is 6. The van der Waals surface area contributed by atoms with Crippen molar-refractivity contribution in [2.45, 2.75) is 143 Å². The molecule has 6 heteroatoms. The summed E-state index contributed by atoms with van der Waals surface area (Å²) in [6.45, 7) is 12.2. The second-order valence-corrected chi connectivity index (χ2v) is 15.3. The lowest BCUT2D eigenvalue weighted by Gasteiger charge is -2.26. The number of nitrogens with zero attached hydrogens (tertiary/aromatic N) is 3. The Morgan fingerprint density at radius 3 is 1.85 bits per heavy atom. The zero-order chi connectivity index (χ0) is 39.1. The normalized spacial score (nSPS) is 13.2. The van der Waals surface area contributed by atoms with Gasteiger partial charge in [0.15, 0.2) is 5.84 Å². The highest BCUT2D eigenvalue weighted by molar-refractivity contribution is 6.28. The Kier molecular flexibility index (Phi) is 20.0. The maximum Gasteiger partial charge on any atom is 0.164 e. The highest BCUT2D eigenvalue weighted by Gasteiger charge is 2.24. The largest absolute Gasteiger partial charge is 0.497 e. The Morgan fingerprint density at radius 2 is 1.24 bits per heavy atom. The van der Waals surface area contributed by atoms with Gasteiger partial charge >= 0.3 is 0 Å². The quantitative estimate of drug-likeness (QED) is 0.0751. The minimum absolute atomic E-state index is 0.654. The van der Waals surface area contributed by atoms with E-state index in [9.17, 15) is 0 Å². The fourth-order valence-corrected chi connectivity index (χ4v) is 7.43. The molecule has 1 aliphatic heterocycles. The van der Waals surface area contributed by atoms with Gasteiger partial charge in [-0.3, -0.25) is 0 Å². The van der Waals surface area contributed by atoms with Crippen LogP contribution in [0.15, 0.2) is 76.3 Å². The molecule has 0 fully saturated rings. The molecule has 0 amide bonds. The van der Waals surface area contributed by atoms with Gasteiger partial charge < -0.3 is 19.7 Å². The van der Waals surface area contributed by atoms with Crippen LogP contribution in [0.1, 0.15) is 159 Å². The first-order valence-electron chi connectivity index (χ1n) is 21.8. The van der Waals surface area contributed by atoms with E-state index in [2.05, 4.69) is 74.3 Å². The molecule has 0 aromatic heterocycles. The Labute approximate surface area is 334 Å². The number of unbranched alkanes of at least 4 members (excludes halogenated alkanes) is 15. The van der Waals surface area contributed by atoms with Crippen LogP contribution in [0.25, 0.3) is 6.08 Å². The predicted molar refractivity (Wildman–Crippen MR) is 239 cm³/mol. The SMILES string of the molecule is CCCCCCCCNc1ccc(OC)cc1C1=NC(c2ccccc2OC)=N/C1=C\c1ccc(N(CCCCCCCC)CCCCCCCC)cc1C. The molecule has 0 aliphatic carbocycles. The molecule has 55 heavy (non-hydrogen) atoms. The van der Waals surface area contributed by atoms with Crippen LogP contribution in [-0.4, -0.2) is 45.4 Å². The number of anilines is 2. The first-order chi connectivity index (χ1) is 27.0. The van der Waals surface area contributed by atoms with Crippen molar-refractivity contribution in [1.82, 2.24) is 0 Å². The monoisotopic (exact) mass is 749 g/mol. The van der Waals surface area contributed by atoms with Crippen LogP contribution in [0.5, 0.6) is 11.5 Å². The average Bonchev–Trinajstić information content (AvgIpc) is 3.63. The van der Waals surface area contributed by atoms with E-state index in [4.69, 9.17) is 19.5 Å². The van der Waals surface area contributed by atoms with Crippen molar-refractivity contribution in [2.24, 2.45) is 9.98 Å². The average molecular weight is 749 g/mol. The molecular formula is C49H72N4O2. The van der Waals surface area contributed by atoms with E-state index in [1.165, 1.54) is 120 Å². The first-order valence-corrected chi connectivity index (χ1v) is 21.8. The molecule has 0 spiro atoms. The summed E-state index contributed by atoms with van der Waals surface area (Å²) < 4.78 is 11.5. The molecule has 0 unspecified atom stereocenters. The van der Waals surface area contributed by atoms with E-state index in [1.807, 2.05) is 30.3 Å². The smallest absolute Gasteiger partial charge is 0.164 e. The van der Waals surface area contributed by atoms with Crippen LogP contribution in [0.2, 0.25) is 0 Å². The van der Waals surface area contributed by atoms with Crippen LogP contribution >= 0.6 is 0 Å². The maximum atomic E-state index is 5.77. The van der Waals surface area contributed by atoms with Crippen LogP contribution < -0.4 is 19.7 Å². The lowest BCUT2D eigenvalue weighted by Crippen LogP contribution is -2.25. The molecule has 6 nitrogen and oxygen atoms in total. The highest BCUT2D eigenvalue weighted by atomic mass is 16.5. The molecule has 3 aromatic rings. The molecule has 0 radical (unpaired) electrons. The molecule has 0 bridgehead atoms. The van der Waals surface area contributed by atoms with E-state index in [1.54, 1.807) is 14.2 Å². The van der Waals surface area contributed by atoms with Crippen molar-refractivity contribution in [3.05, 3.63) is 88.6 Å². The van der Waals surface area contributed by atoms with Crippen molar-refractivity contribution in [2.75, 3.05) is 44.1 Å². The summed E-state index contributed by atoms with van der Waals surface area (Å²) in [7, 11) is 3.43. The van der Waals surface area contributed by atoms with Gasteiger partial charge in [-0.25, -0.2) is 9.98 Å². The predicted octanol–water partition coefficient (Wildman–Crippen LogP) is 13.6. The number of nitrogens with one attached hydrogen (secondary N) is 1. The van der Waals surface area contributed by atoms with Crippen molar-refractivity contribution in [3.63, 3.8) is 0 Å². The lowest BCUT2D eigenvalue weighted by molar-refractivity contribution is 0.414. The number of rotatable bonds is 28. The summed E-state index contributed by atoms with van der Waals surface area (Å²) in [5.74, 6) is 2.21. The molecule has 4 rings (SSSR count). The topological polar surface area (TPSA) is 58.4 Å². The Bertz CT molecular complexity index is 1640. The van der Waals surface area contributed by atoms with Crippen LogP contribution in [0, 0.1) is 6.92 Å². The molecule has 1 aliphatic rings. The van der Waals surface area contributed by atoms with Gasteiger partial charge in [-0.15, -0.1) is 0 Å². The number of methoxy groups -OCH3 is 2. The summed E-state index contributed by atoms with van der Waals surface area (Å²) in [4.78, 5) is 13.1. The van der Waals surface area contributed by atoms with Crippen LogP contribution in [-0.2, 0) is 0 Å². The third kappa shape index (κ3) is 14.2. The number of para-hydroxylation sites is 1. The summed E-state index contributed by atoms with van der Waals surface area (Å²) in [6, 6.07) is 21.2. The van der Waals surface area contributed by atoms with Crippen LogP contribution in [0.4, 0.5) is 11.4 Å². The number of hydrogen-bond donors (Lipinski definition) is 1. The summed E-state index contributed by atoms with van der Waals surface area (Å²) >= 11 is 0. The van der Waals surface area contributed by atoms with Gasteiger partial charge in [0.1, 0.15) is 17.2 Å². The number of allylic oxidation sites excluding steroid dienone is 1. The van der Waals surface area contributed by atoms with E-state index in [0.29, 0.717) is 5.84 Å². The van der Waals surface area contributed by atoms with E-state index < -0.39 is 0 Å². The molecule has 3 aromatic carbocycles. The van der Waals surface area contributed by atoms with Crippen molar-refractivity contribution in [1.29, 1.82) is 0 Å². The summed E-state index contributed by atoms with van der Waals surface area (Å²) in [5.41, 5.74) is 8.31. The van der Waals surface area contributed by atoms with Crippen molar-refractivity contribution < 1.29 is 9.47 Å². The summed E-state index contributed by atoms with van der Waals surface area (Å²) in [5, 5.41) is 3.74. The Morgan fingerprint density at radius 1 is 0.618 bits per heavy atom. The van der Waals surface area contributed by atoms with Gasteiger partial charge in [0, 0.05) is 36.6 Å². The lowest BCUT2D eigenvalue weighted by atomic mass is 10.0. The third-order valence-corrected chi connectivity index (χ3v) is 10.8. The second kappa shape index (κ2) is 25.2. The van der Waals surface area contributed by atoms with Gasteiger partial charge in [-0.1, -0.05) is 135 Å². The standard InChI is InChI=1S/C49H72N4O2/c1-7-10-13-16-19-24-33-50-45-32-31-42(54-5)38-44(45)48-46(51-49(52-48)43-27-22-23-28-47(43)55-6)37-40-29-30-41(36-39(40)4)53(34-25-20-17-14-11-8-2)35-26-21-18-15-12-9-3/h22-23,27-32,36-38,50H,7-21,24-26,33-35H2,1-6H3/b46-37-. The summed E-state index contributed by atoms with van der Waals surface area (Å²) in [6.07, 6.45) is 25.6. The first kappa shape index (κ1) is 43.7. The Hall–Kier alpha value is -4.06. The molecule has 1 N–H and O–H groups in total. The minimum atomic E-state index is 0.654. The number of ether oxygens (including phenoxy) is 2. The number of amidine groups is 1. The molecule has 0 saturated carbocycles. The fourth-order valence-electron chi connectivity index (χ4n) is 7.43. The minimum Gasteiger partial charge on any atom is -0.497 e. The molecule has 1 heterocycles. The third-order valence-electron chi connectivity index (χ3n) is 10.8. The molecule has 0 saturated heterocycles. The molecule has 0 atom stereocenters. The second-order valence-electron chi connectivity index (χ2n) is 15.3. The van der Waals surface area contributed by atoms with E-state index in [0.717, 1.165) is 71.3 Å². The van der Waals surface area contributed by atoms with Gasteiger partial charge in [0.2, 0.25) is 0 Å². The van der Waals surface area contributed by atoms with Gasteiger partial charge in [-0.05, 0) is 85.9 Å². The number of benzene rings is 3. The highest BCUT2D eigenvalue weighted by Crippen LogP contribution is 2.33. The zero-order valence-electron chi connectivity index (χ0n) is 35.4. The number of aryl methyl sites for hydroxylation is 1. The molecule has 300 valence electrons. The Balaban J connectivity index is 1.64. The molecular weight excluding hydrogens is 677 g/mol. The zero-order valence-corrected chi connectivity index (χ0v) is 35.4. The van der Waals surface area contributed by atoms with Gasteiger partial charge in [-0.2, -0.15) is 0 Å². The fraction of sp³-hybridized carbons (Fsp3) is 0.551. The van der Waals surface area contributed by atoms with Crippen molar-refractivity contribution in [3.8, 4) is 11.5 Å². The number of aliphatic imine (C=N–C) groups is 2. The van der Waals surface area contributed by atoms with Crippen molar-refractivity contribution >= 4 is 29.0 Å². The van der Waals surface area contributed by atoms with E-state index in [-0.39, 0.29) is 0 Å². The van der Waals surface area contributed by atoms with Crippen LogP contribution in [0.3, 0.4) is 0 Å². The van der Waals surface area contributed by atoms with E-state index >= 15 is 0 Å². The maximum absolute atomic E-state index is 5.77.